The third-order valence-electron chi connectivity index (χ3n) is 2.68. The molecule has 18 heavy (non-hydrogen) atoms. The Morgan fingerprint density at radius 1 is 1.56 bits per heavy atom. The number of carbonyl (C=O) groups is 1. The number of ether oxygens (including phenoxy) is 1. The Kier molecular flexibility index (Phi) is 3.63. The highest BCUT2D eigenvalue weighted by atomic mass is 16.5. The molecule has 4 nitrogen and oxygen atoms in total. The zero-order valence-electron chi connectivity index (χ0n) is 10.1. The number of hydrogen-bond acceptors (Lipinski definition) is 3. The molecular weight excluding hydrogens is 228 g/mol. The molecule has 1 aliphatic rings. The van der Waals surface area contributed by atoms with Crippen molar-refractivity contribution in [2.75, 3.05) is 7.11 Å². The Morgan fingerprint density at radius 2 is 2.33 bits per heavy atom. The molecule has 0 unspecified atom stereocenters. The molecule has 2 rings (SSSR count). The van der Waals surface area contributed by atoms with Crippen molar-refractivity contribution < 1.29 is 9.53 Å². The lowest BCUT2D eigenvalue weighted by atomic mass is 10.1. The molecule has 0 spiro atoms. The van der Waals surface area contributed by atoms with E-state index in [1.807, 2.05) is 24.3 Å². The number of hydrogen-bond donors (Lipinski definition) is 1. The van der Waals surface area contributed by atoms with Crippen LogP contribution < -0.4 is 10.1 Å². The van der Waals surface area contributed by atoms with Gasteiger partial charge in [-0.1, -0.05) is 12.1 Å². The molecule has 0 saturated heterocycles. The highest BCUT2D eigenvalue weighted by Gasteiger charge is 2.24. The van der Waals surface area contributed by atoms with E-state index in [0.717, 1.165) is 18.4 Å². The largest absolute Gasteiger partial charge is 0.497 e. The Labute approximate surface area is 106 Å². The first kappa shape index (κ1) is 12.2. The van der Waals surface area contributed by atoms with Gasteiger partial charge in [0.05, 0.1) is 7.11 Å². The van der Waals surface area contributed by atoms with Gasteiger partial charge in [-0.15, -0.1) is 0 Å². The maximum atomic E-state index is 11.8. The van der Waals surface area contributed by atoms with E-state index in [1.165, 1.54) is 0 Å². The molecule has 0 aromatic heterocycles. The highest BCUT2D eigenvalue weighted by molar-refractivity contribution is 6.01. The minimum Gasteiger partial charge on any atom is -0.497 e. The van der Waals surface area contributed by atoms with E-state index in [1.54, 1.807) is 19.3 Å². The Bertz CT molecular complexity index is 525. The third-order valence-corrected chi connectivity index (χ3v) is 2.68. The van der Waals surface area contributed by atoms with Crippen LogP contribution in [0.5, 0.6) is 5.75 Å². The number of carbonyl (C=O) groups excluding carboxylic acids is 1. The first-order valence-electron chi connectivity index (χ1n) is 5.79. The van der Waals surface area contributed by atoms with Crippen molar-refractivity contribution in [3.63, 3.8) is 0 Å². The van der Waals surface area contributed by atoms with Crippen LogP contribution in [0.3, 0.4) is 0 Å². The molecule has 1 N–H and O–H groups in total. The zero-order chi connectivity index (χ0) is 13.0. The Morgan fingerprint density at radius 3 is 2.94 bits per heavy atom. The van der Waals surface area contributed by atoms with Gasteiger partial charge < -0.3 is 10.1 Å². The fourth-order valence-electron chi connectivity index (χ4n) is 1.54. The summed E-state index contributed by atoms with van der Waals surface area (Å²) in [5.74, 6) is 0.395. The summed E-state index contributed by atoms with van der Waals surface area (Å²) in [6.07, 6.45) is 3.58. The highest BCUT2D eigenvalue weighted by Crippen LogP contribution is 2.20. The van der Waals surface area contributed by atoms with E-state index in [0.29, 0.717) is 5.75 Å². The van der Waals surface area contributed by atoms with Crippen LogP contribution in [-0.2, 0) is 4.79 Å². The normalized spacial score (nSPS) is 14.8. The van der Waals surface area contributed by atoms with Gasteiger partial charge in [0.2, 0.25) is 0 Å². The van der Waals surface area contributed by atoms with Gasteiger partial charge in [0.15, 0.2) is 0 Å². The van der Waals surface area contributed by atoms with E-state index in [2.05, 4.69) is 5.32 Å². The number of methoxy groups -OCH3 is 1. The van der Waals surface area contributed by atoms with Crippen LogP contribution in [0.2, 0.25) is 0 Å². The summed E-state index contributed by atoms with van der Waals surface area (Å²) in [4.78, 5) is 11.8. The second-order valence-corrected chi connectivity index (χ2v) is 4.19. The van der Waals surface area contributed by atoms with E-state index in [9.17, 15) is 4.79 Å². The summed E-state index contributed by atoms with van der Waals surface area (Å²) < 4.78 is 5.09. The van der Waals surface area contributed by atoms with Gasteiger partial charge in [-0.3, -0.25) is 4.79 Å². The molecule has 1 aromatic carbocycles. The van der Waals surface area contributed by atoms with Crippen LogP contribution in [0.25, 0.3) is 6.08 Å². The molecule has 0 atom stereocenters. The molecule has 1 aromatic rings. The van der Waals surface area contributed by atoms with Gasteiger partial charge >= 0.3 is 0 Å². The number of nitrogens with one attached hydrogen (secondary N) is 1. The lowest BCUT2D eigenvalue weighted by Gasteiger charge is -2.03. The molecule has 1 fully saturated rings. The average Bonchev–Trinajstić information content (AvgIpc) is 3.20. The van der Waals surface area contributed by atoms with Crippen LogP contribution in [0.4, 0.5) is 0 Å². The Hall–Kier alpha value is -2.28. The van der Waals surface area contributed by atoms with Crippen molar-refractivity contribution in [3.8, 4) is 11.8 Å². The van der Waals surface area contributed by atoms with E-state index < -0.39 is 0 Å². The fourth-order valence-corrected chi connectivity index (χ4v) is 1.54. The topological polar surface area (TPSA) is 62.1 Å². The predicted octanol–water partition coefficient (Wildman–Crippen LogP) is 1.88. The van der Waals surface area contributed by atoms with Crippen molar-refractivity contribution in [1.29, 1.82) is 5.26 Å². The van der Waals surface area contributed by atoms with Gasteiger partial charge in [0, 0.05) is 6.04 Å². The average molecular weight is 242 g/mol. The molecule has 0 radical (unpaired) electrons. The van der Waals surface area contributed by atoms with Gasteiger partial charge in [0.25, 0.3) is 5.91 Å². The van der Waals surface area contributed by atoms with E-state index >= 15 is 0 Å². The van der Waals surface area contributed by atoms with Gasteiger partial charge in [0.1, 0.15) is 17.4 Å². The van der Waals surface area contributed by atoms with Crippen LogP contribution in [0.1, 0.15) is 18.4 Å². The quantitative estimate of drug-likeness (QED) is 0.647. The van der Waals surface area contributed by atoms with Gasteiger partial charge in [-0.2, -0.15) is 5.26 Å². The smallest absolute Gasteiger partial charge is 0.262 e. The standard InChI is InChI=1S/C14H14N2O2/c1-18-13-4-2-3-10(8-13)7-11(9-15)14(17)16-12-5-6-12/h2-4,7-8,12H,5-6H2,1H3,(H,16,17)/b11-7+. The van der Waals surface area contributed by atoms with Crippen molar-refractivity contribution in [2.45, 2.75) is 18.9 Å². The molecule has 92 valence electrons. The van der Waals surface area contributed by atoms with Crippen LogP contribution >= 0.6 is 0 Å². The predicted molar refractivity (Wildman–Crippen MR) is 67.7 cm³/mol. The summed E-state index contributed by atoms with van der Waals surface area (Å²) in [7, 11) is 1.58. The molecule has 1 aliphatic carbocycles. The summed E-state index contributed by atoms with van der Waals surface area (Å²) >= 11 is 0. The zero-order valence-corrected chi connectivity index (χ0v) is 10.1. The van der Waals surface area contributed by atoms with Crippen LogP contribution in [-0.4, -0.2) is 19.1 Å². The molecule has 1 saturated carbocycles. The van der Waals surface area contributed by atoms with Crippen LogP contribution in [0.15, 0.2) is 29.8 Å². The summed E-state index contributed by atoms with van der Waals surface area (Å²) in [5, 5.41) is 11.8. The number of rotatable bonds is 4. The number of benzene rings is 1. The van der Waals surface area contributed by atoms with Crippen molar-refractivity contribution in [2.24, 2.45) is 0 Å². The number of amides is 1. The third kappa shape index (κ3) is 3.11. The number of nitrogens with zero attached hydrogens (tertiary/aromatic N) is 1. The molecule has 4 heteroatoms. The Balaban J connectivity index is 2.16. The lowest BCUT2D eigenvalue weighted by molar-refractivity contribution is -0.117. The second kappa shape index (κ2) is 5.37. The molecule has 0 aliphatic heterocycles. The van der Waals surface area contributed by atoms with E-state index in [-0.39, 0.29) is 17.5 Å². The fraction of sp³-hybridized carbons (Fsp3) is 0.286. The SMILES string of the molecule is COc1cccc(/C=C(\C#N)C(=O)NC2CC2)c1. The van der Waals surface area contributed by atoms with Crippen molar-refractivity contribution >= 4 is 12.0 Å². The maximum absolute atomic E-state index is 11.8. The van der Waals surface area contributed by atoms with Crippen molar-refractivity contribution in [1.82, 2.24) is 5.32 Å². The minimum atomic E-state index is -0.303. The minimum absolute atomic E-state index is 0.121. The van der Waals surface area contributed by atoms with Crippen LogP contribution in [0, 0.1) is 11.3 Å². The molecular formula is C14H14N2O2. The first-order chi connectivity index (χ1) is 8.72. The first-order valence-corrected chi connectivity index (χ1v) is 5.79. The van der Waals surface area contributed by atoms with Gasteiger partial charge in [-0.05, 0) is 36.6 Å². The molecule has 0 heterocycles. The molecule has 0 bridgehead atoms. The summed E-state index contributed by atoms with van der Waals surface area (Å²) in [5.41, 5.74) is 0.895. The maximum Gasteiger partial charge on any atom is 0.262 e. The molecule has 1 amide bonds. The summed E-state index contributed by atoms with van der Waals surface area (Å²) in [6, 6.07) is 9.41. The van der Waals surface area contributed by atoms with E-state index in [4.69, 9.17) is 10.00 Å². The summed E-state index contributed by atoms with van der Waals surface area (Å²) in [6.45, 7) is 0. The number of nitriles is 1. The lowest BCUT2D eigenvalue weighted by Crippen LogP contribution is -2.26. The van der Waals surface area contributed by atoms with Gasteiger partial charge in [-0.25, -0.2) is 0 Å². The second-order valence-electron chi connectivity index (χ2n) is 4.19. The van der Waals surface area contributed by atoms with Crippen molar-refractivity contribution in [3.05, 3.63) is 35.4 Å². The monoisotopic (exact) mass is 242 g/mol.